The summed E-state index contributed by atoms with van der Waals surface area (Å²) in [5.41, 5.74) is 1.87. The summed E-state index contributed by atoms with van der Waals surface area (Å²) in [5, 5.41) is 3.44. The fourth-order valence-electron chi connectivity index (χ4n) is 2.10. The van der Waals surface area contributed by atoms with Crippen LogP contribution < -0.4 is 10.2 Å². The number of amides is 1. The molecule has 1 unspecified atom stereocenters. The third-order valence-electron chi connectivity index (χ3n) is 3.59. The summed E-state index contributed by atoms with van der Waals surface area (Å²) in [6.07, 6.45) is 0. The molecule has 0 fully saturated rings. The van der Waals surface area contributed by atoms with Gasteiger partial charge in [-0.05, 0) is 19.1 Å². The molecule has 2 atom stereocenters. The minimum absolute atomic E-state index is 0.0310. The largest absolute Gasteiger partial charge is 0.324 e. The molecule has 0 radical (unpaired) electrons. The molecular formula is C17H20ClN2O+. The Morgan fingerprint density at radius 1 is 1.14 bits per heavy atom. The zero-order valence-electron chi connectivity index (χ0n) is 12.3. The maximum absolute atomic E-state index is 12.3. The number of carbonyl (C=O) groups is 1. The first kappa shape index (κ1) is 15.5. The van der Waals surface area contributed by atoms with Gasteiger partial charge in [0.2, 0.25) is 0 Å². The van der Waals surface area contributed by atoms with E-state index in [-0.39, 0.29) is 11.9 Å². The van der Waals surface area contributed by atoms with Crippen LogP contribution in [-0.4, -0.2) is 19.0 Å². The quantitative estimate of drug-likeness (QED) is 0.874. The molecule has 2 aromatic carbocycles. The molecule has 0 aliphatic rings. The van der Waals surface area contributed by atoms with Crippen LogP contribution in [0.1, 0.15) is 12.5 Å². The fraction of sp³-hybridized carbons (Fsp3) is 0.235. The highest BCUT2D eigenvalue weighted by Crippen LogP contribution is 2.20. The number of anilines is 1. The van der Waals surface area contributed by atoms with Gasteiger partial charge in [0.1, 0.15) is 6.54 Å². The summed E-state index contributed by atoms with van der Waals surface area (Å²) in [7, 11) is 2.02. The van der Waals surface area contributed by atoms with Crippen molar-refractivity contribution in [2.45, 2.75) is 19.5 Å². The van der Waals surface area contributed by atoms with Gasteiger partial charge in [0.25, 0.3) is 5.91 Å². The van der Waals surface area contributed by atoms with Crippen molar-refractivity contribution >= 4 is 23.2 Å². The summed E-state index contributed by atoms with van der Waals surface area (Å²) >= 11 is 6.06. The molecule has 0 aliphatic carbocycles. The molecule has 110 valence electrons. The number of benzene rings is 2. The van der Waals surface area contributed by atoms with Crippen LogP contribution >= 0.6 is 11.6 Å². The van der Waals surface area contributed by atoms with Gasteiger partial charge in [-0.1, -0.05) is 54.1 Å². The van der Waals surface area contributed by atoms with Gasteiger partial charge in [-0.15, -0.1) is 0 Å². The highest BCUT2D eigenvalue weighted by Gasteiger charge is 2.22. The van der Waals surface area contributed by atoms with Crippen molar-refractivity contribution in [2.24, 2.45) is 0 Å². The van der Waals surface area contributed by atoms with Crippen LogP contribution in [0.3, 0.4) is 0 Å². The molecule has 0 heterocycles. The third-order valence-corrected chi connectivity index (χ3v) is 3.92. The predicted octanol–water partition coefficient (Wildman–Crippen LogP) is 2.38. The van der Waals surface area contributed by atoms with Crippen LogP contribution in [0.25, 0.3) is 0 Å². The van der Waals surface area contributed by atoms with Gasteiger partial charge in [-0.3, -0.25) is 4.79 Å². The number of hydrogen-bond acceptors (Lipinski definition) is 1. The van der Waals surface area contributed by atoms with Crippen LogP contribution in [0.4, 0.5) is 5.69 Å². The Labute approximate surface area is 130 Å². The highest BCUT2D eigenvalue weighted by atomic mass is 35.5. The molecule has 2 rings (SSSR count). The van der Waals surface area contributed by atoms with E-state index in [9.17, 15) is 4.79 Å². The van der Waals surface area contributed by atoms with Crippen LogP contribution in [0.15, 0.2) is 54.6 Å². The smallest absolute Gasteiger partial charge is 0.282 e. The fourth-order valence-corrected chi connectivity index (χ4v) is 2.28. The average molecular weight is 304 g/mol. The number of rotatable bonds is 5. The van der Waals surface area contributed by atoms with Crippen LogP contribution in [-0.2, 0) is 11.3 Å². The number of halogens is 1. The summed E-state index contributed by atoms with van der Waals surface area (Å²) in [4.78, 5) is 13.4. The first-order chi connectivity index (χ1) is 10.1. The van der Waals surface area contributed by atoms with Crippen LogP contribution in [0.5, 0.6) is 0 Å². The molecule has 0 saturated carbocycles. The zero-order valence-corrected chi connectivity index (χ0v) is 13.0. The lowest BCUT2D eigenvalue weighted by Gasteiger charge is -2.21. The van der Waals surface area contributed by atoms with Gasteiger partial charge >= 0.3 is 0 Å². The Hall–Kier alpha value is -1.84. The van der Waals surface area contributed by atoms with Crippen molar-refractivity contribution < 1.29 is 9.69 Å². The Morgan fingerprint density at radius 3 is 2.43 bits per heavy atom. The molecule has 1 amide bonds. The normalized spacial score (nSPS) is 13.5. The van der Waals surface area contributed by atoms with E-state index in [0.29, 0.717) is 10.7 Å². The molecule has 2 aromatic rings. The first-order valence-corrected chi connectivity index (χ1v) is 7.37. The maximum Gasteiger partial charge on any atom is 0.282 e. The molecule has 4 heteroatoms. The SMILES string of the molecule is C[C@H](C(=O)Nc1ccccc1Cl)[NH+](C)Cc1ccccc1. The van der Waals surface area contributed by atoms with E-state index in [0.717, 1.165) is 11.4 Å². The van der Waals surface area contributed by atoms with Crippen molar-refractivity contribution in [3.8, 4) is 0 Å². The molecule has 0 aromatic heterocycles. The third kappa shape index (κ3) is 4.31. The van der Waals surface area contributed by atoms with E-state index in [1.165, 1.54) is 5.56 Å². The molecule has 0 bridgehead atoms. The van der Waals surface area contributed by atoms with E-state index >= 15 is 0 Å². The minimum Gasteiger partial charge on any atom is -0.324 e. The lowest BCUT2D eigenvalue weighted by Crippen LogP contribution is -3.12. The second kappa shape index (κ2) is 7.25. The molecule has 3 nitrogen and oxygen atoms in total. The van der Waals surface area contributed by atoms with Gasteiger partial charge in [0.15, 0.2) is 6.04 Å². The number of hydrogen-bond donors (Lipinski definition) is 2. The van der Waals surface area contributed by atoms with Crippen molar-refractivity contribution in [3.63, 3.8) is 0 Å². The summed E-state index contributed by atoms with van der Waals surface area (Å²) in [6, 6.07) is 17.3. The van der Waals surface area contributed by atoms with Gasteiger partial charge in [0.05, 0.1) is 17.8 Å². The van der Waals surface area contributed by atoms with Crippen molar-refractivity contribution in [3.05, 3.63) is 65.2 Å². The Morgan fingerprint density at radius 2 is 1.76 bits per heavy atom. The van der Waals surface area contributed by atoms with Crippen molar-refractivity contribution in [2.75, 3.05) is 12.4 Å². The van der Waals surface area contributed by atoms with Crippen molar-refractivity contribution in [1.29, 1.82) is 0 Å². The number of carbonyl (C=O) groups excluding carboxylic acids is 1. The second-order valence-electron chi connectivity index (χ2n) is 5.20. The average Bonchev–Trinajstić information content (AvgIpc) is 2.49. The van der Waals surface area contributed by atoms with Gasteiger partial charge in [-0.2, -0.15) is 0 Å². The van der Waals surface area contributed by atoms with Gasteiger partial charge in [-0.25, -0.2) is 0 Å². The van der Waals surface area contributed by atoms with E-state index in [1.807, 2.05) is 44.3 Å². The number of nitrogens with one attached hydrogen (secondary N) is 2. The Kier molecular flexibility index (Phi) is 5.37. The standard InChI is InChI=1S/C17H19ClN2O/c1-13(20(2)12-14-8-4-3-5-9-14)17(21)19-16-11-7-6-10-15(16)18/h3-11,13H,12H2,1-2H3,(H,19,21)/p+1/t13-/m1/s1. The lowest BCUT2D eigenvalue weighted by molar-refractivity contribution is -0.907. The zero-order chi connectivity index (χ0) is 15.2. The molecule has 0 aliphatic heterocycles. The molecule has 0 saturated heterocycles. The topological polar surface area (TPSA) is 33.5 Å². The Bertz CT molecular complexity index is 601. The predicted molar refractivity (Wildman–Crippen MR) is 86.6 cm³/mol. The minimum atomic E-state index is -0.165. The number of para-hydroxylation sites is 1. The van der Waals surface area contributed by atoms with Gasteiger partial charge < -0.3 is 10.2 Å². The van der Waals surface area contributed by atoms with Crippen molar-refractivity contribution in [1.82, 2.24) is 0 Å². The van der Waals surface area contributed by atoms with Crippen LogP contribution in [0, 0.1) is 0 Å². The van der Waals surface area contributed by atoms with E-state index in [1.54, 1.807) is 12.1 Å². The molecule has 2 N–H and O–H groups in total. The summed E-state index contributed by atoms with van der Waals surface area (Å²) in [5.74, 6) is -0.0310. The molecule has 21 heavy (non-hydrogen) atoms. The molecular weight excluding hydrogens is 284 g/mol. The number of likely N-dealkylation sites (N-methyl/N-ethyl adjacent to an activating group) is 1. The van der Waals surface area contributed by atoms with E-state index < -0.39 is 0 Å². The van der Waals surface area contributed by atoms with E-state index in [2.05, 4.69) is 17.4 Å². The monoisotopic (exact) mass is 303 g/mol. The van der Waals surface area contributed by atoms with Crippen LogP contribution in [0.2, 0.25) is 5.02 Å². The highest BCUT2D eigenvalue weighted by molar-refractivity contribution is 6.33. The molecule has 0 spiro atoms. The second-order valence-corrected chi connectivity index (χ2v) is 5.61. The lowest BCUT2D eigenvalue weighted by atomic mass is 10.2. The number of quaternary nitrogens is 1. The maximum atomic E-state index is 12.3. The summed E-state index contributed by atoms with van der Waals surface area (Å²) in [6.45, 7) is 2.72. The summed E-state index contributed by atoms with van der Waals surface area (Å²) < 4.78 is 0. The first-order valence-electron chi connectivity index (χ1n) is 6.99. The Balaban J connectivity index is 1.97. The van der Waals surface area contributed by atoms with Gasteiger partial charge in [0, 0.05) is 5.56 Å². The van der Waals surface area contributed by atoms with E-state index in [4.69, 9.17) is 11.6 Å².